The molecule has 2 atom stereocenters. The maximum Gasteiger partial charge on any atom is 0.191 e. The second-order valence-corrected chi connectivity index (χ2v) is 8.09. The van der Waals surface area contributed by atoms with Crippen molar-refractivity contribution in [2.45, 2.75) is 58.4 Å². The first-order valence-electron chi connectivity index (χ1n) is 10.5. The van der Waals surface area contributed by atoms with E-state index in [1.165, 1.54) is 57.2 Å². The standard InChI is InChI=1S/C22H36N4.HI/c1-4-23-22(24-15-18-8-7-13-26(3)16-18)25-17(2)20-12-11-19-9-5-6-10-21(19)14-20;/h11-12,14,17-18H,4-10,13,15-16H2,1-3H3,(H2,23,24,25);1H. The van der Waals surface area contributed by atoms with Crippen molar-refractivity contribution < 1.29 is 0 Å². The van der Waals surface area contributed by atoms with Crippen LogP contribution in [0, 0.1) is 5.92 Å². The molecule has 0 bridgehead atoms. The molecule has 2 N–H and O–H groups in total. The molecule has 152 valence electrons. The van der Waals surface area contributed by atoms with Crippen molar-refractivity contribution in [3.63, 3.8) is 0 Å². The number of hydrogen-bond donors (Lipinski definition) is 2. The Balaban J connectivity index is 0.00000261. The van der Waals surface area contributed by atoms with Crippen LogP contribution in [0.2, 0.25) is 0 Å². The van der Waals surface area contributed by atoms with Gasteiger partial charge in [0.1, 0.15) is 0 Å². The molecule has 1 aliphatic heterocycles. The first kappa shape index (κ1) is 22.5. The number of piperidine rings is 1. The van der Waals surface area contributed by atoms with Crippen molar-refractivity contribution in [3.05, 3.63) is 34.9 Å². The van der Waals surface area contributed by atoms with Gasteiger partial charge in [0.15, 0.2) is 5.96 Å². The molecule has 1 aliphatic carbocycles. The fourth-order valence-corrected chi connectivity index (χ4v) is 4.27. The minimum atomic E-state index is 0. The van der Waals surface area contributed by atoms with Crippen molar-refractivity contribution in [1.82, 2.24) is 15.5 Å². The highest BCUT2D eigenvalue weighted by Crippen LogP contribution is 2.24. The number of guanidine groups is 1. The van der Waals surface area contributed by atoms with Crippen LogP contribution in [-0.2, 0) is 12.8 Å². The van der Waals surface area contributed by atoms with E-state index in [2.05, 4.69) is 54.6 Å². The molecule has 3 rings (SSSR count). The minimum Gasteiger partial charge on any atom is -0.357 e. The number of likely N-dealkylation sites (tertiary alicyclic amines) is 1. The van der Waals surface area contributed by atoms with Crippen molar-refractivity contribution >= 4 is 29.9 Å². The van der Waals surface area contributed by atoms with E-state index in [-0.39, 0.29) is 30.0 Å². The van der Waals surface area contributed by atoms with Crippen molar-refractivity contribution in [2.75, 3.05) is 33.2 Å². The SMILES string of the molecule is CCNC(=NCC1CCCN(C)C1)NC(C)c1ccc2c(c1)CCCC2.I. The van der Waals surface area contributed by atoms with Gasteiger partial charge in [0.25, 0.3) is 0 Å². The van der Waals surface area contributed by atoms with E-state index in [1.807, 2.05) is 0 Å². The molecule has 4 nitrogen and oxygen atoms in total. The normalized spacial score (nSPS) is 21.7. The molecule has 1 fully saturated rings. The van der Waals surface area contributed by atoms with Gasteiger partial charge in [0.05, 0.1) is 6.04 Å². The first-order valence-corrected chi connectivity index (χ1v) is 10.5. The second-order valence-electron chi connectivity index (χ2n) is 8.09. The Morgan fingerprint density at radius 1 is 1.22 bits per heavy atom. The van der Waals surface area contributed by atoms with E-state index in [4.69, 9.17) is 4.99 Å². The average Bonchev–Trinajstić information content (AvgIpc) is 2.66. The number of nitrogens with one attached hydrogen (secondary N) is 2. The van der Waals surface area contributed by atoms with Crippen LogP contribution in [0.3, 0.4) is 0 Å². The van der Waals surface area contributed by atoms with Gasteiger partial charge in [0.2, 0.25) is 0 Å². The molecule has 0 amide bonds. The number of aliphatic imine (C=N–C) groups is 1. The topological polar surface area (TPSA) is 39.7 Å². The van der Waals surface area contributed by atoms with Crippen molar-refractivity contribution in [3.8, 4) is 0 Å². The molecule has 1 aromatic carbocycles. The van der Waals surface area contributed by atoms with Gasteiger partial charge in [0, 0.05) is 19.6 Å². The van der Waals surface area contributed by atoms with E-state index in [0.29, 0.717) is 5.92 Å². The van der Waals surface area contributed by atoms with Crippen LogP contribution in [-0.4, -0.2) is 44.1 Å². The van der Waals surface area contributed by atoms with Gasteiger partial charge in [-0.15, -0.1) is 24.0 Å². The zero-order valence-electron chi connectivity index (χ0n) is 17.3. The Bertz CT molecular complexity index is 616. The molecule has 1 aromatic rings. The molecule has 0 radical (unpaired) electrons. The maximum absolute atomic E-state index is 4.89. The minimum absolute atomic E-state index is 0. The molecule has 2 unspecified atom stereocenters. The molecule has 0 aromatic heterocycles. The van der Waals surface area contributed by atoms with E-state index < -0.39 is 0 Å². The molecule has 5 heteroatoms. The summed E-state index contributed by atoms with van der Waals surface area (Å²) in [5.74, 6) is 1.63. The average molecular weight is 484 g/mol. The van der Waals surface area contributed by atoms with Gasteiger partial charge in [-0.2, -0.15) is 0 Å². The summed E-state index contributed by atoms with van der Waals surface area (Å²) >= 11 is 0. The number of aryl methyl sites for hydroxylation is 2. The number of fused-ring (bicyclic) bond motifs is 1. The third-order valence-electron chi connectivity index (χ3n) is 5.80. The lowest BCUT2D eigenvalue weighted by molar-refractivity contribution is 0.214. The predicted molar refractivity (Wildman–Crippen MR) is 126 cm³/mol. The van der Waals surface area contributed by atoms with Gasteiger partial charge in [-0.05, 0) is 88.6 Å². The molecule has 0 saturated carbocycles. The zero-order valence-corrected chi connectivity index (χ0v) is 19.6. The Labute approximate surface area is 182 Å². The third-order valence-corrected chi connectivity index (χ3v) is 5.80. The molecular weight excluding hydrogens is 447 g/mol. The second kappa shape index (κ2) is 11.2. The van der Waals surface area contributed by atoms with Gasteiger partial charge in [-0.1, -0.05) is 18.2 Å². The van der Waals surface area contributed by atoms with Crippen molar-refractivity contribution in [2.24, 2.45) is 10.9 Å². The molecule has 27 heavy (non-hydrogen) atoms. The number of rotatable bonds is 5. The van der Waals surface area contributed by atoms with Crippen LogP contribution in [0.25, 0.3) is 0 Å². The van der Waals surface area contributed by atoms with Crippen LogP contribution in [0.15, 0.2) is 23.2 Å². The zero-order chi connectivity index (χ0) is 18.4. The Hall–Kier alpha value is -0.820. The van der Waals surface area contributed by atoms with Crippen molar-refractivity contribution in [1.29, 1.82) is 0 Å². The molecule has 1 heterocycles. The Morgan fingerprint density at radius 3 is 2.74 bits per heavy atom. The van der Waals surface area contributed by atoms with Gasteiger partial charge >= 0.3 is 0 Å². The quantitative estimate of drug-likeness (QED) is 0.375. The van der Waals surface area contributed by atoms with E-state index >= 15 is 0 Å². The number of benzene rings is 1. The van der Waals surface area contributed by atoms with Gasteiger partial charge < -0.3 is 15.5 Å². The van der Waals surface area contributed by atoms with Gasteiger partial charge in [-0.3, -0.25) is 4.99 Å². The Kier molecular flexibility index (Phi) is 9.36. The fourth-order valence-electron chi connectivity index (χ4n) is 4.27. The lowest BCUT2D eigenvalue weighted by Crippen LogP contribution is -2.40. The summed E-state index contributed by atoms with van der Waals surface area (Å²) in [6, 6.07) is 7.31. The highest BCUT2D eigenvalue weighted by Gasteiger charge is 2.17. The summed E-state index contributed by atoms with van der Waals surface area (Å²) in [6.45, 7) is 8.59. The fraction of sp³-hybridized carbons (Fsp3) is 0.682. The summed E-state index contributed by atoms with van der Waals surface area (Å²) in [5.41, 5.74) is 4.47. The maximum atomic E-state index is 4.89. The largest absolute Gasteiger partial charge is 0.357 e. The lowest BCUT2D eigenvalue weighted by Gasteiger charge is -2.29. The predicted octanol–water partition coefficient (Wildman–Crippen LogP) is 4.14. The Morgan fingerprint density at radius 2 is 2.00 bits per heavy atom. The molecule has 2 aliphatic rings. The van der Waals surface area contributed by atoms with Crippen LogP contribution in [0.4, 0.5) is 0 Å². The highest BCUT2D eigenvalue weighted by molar-refractivity contribution is 14.0. The summed E-state index contributed by atoms with van der Waals surface area (Å²) in [6.07, 6.45) is 7.75. The number of nitrogens with zero attached hydrogens (tertiary/aromatic N) is 2. The molecule has 0 spiro atoms. The van der Waals surface area contributed by atoms with Crippen LogP contribution >= 0.6 is 24.0 Å². The molecular formula is C22H37IN4. The van der Waals surface area contributed by atoms with Crippen LogP contribution < -0.4 is 10.6 Å². The number of halogens is 1. The number of hydrogen-bond acceptors (Lipinski definition) is 2. The first-order chi connectivity index (χ1) is 12.7. The van der Waals surface area contributed by atoms with E-state index in [0.717, 1.165) is 19.0 Å². The van der Waals surface area contributed by atoms with Crippen LogP contribution in [0.1, 0.15) is 62.3 Å². The third kappa shape index (κ3) is 6.63. The van der Waals surface area contributed by atoms with E-state index in [1.54, 1.807) is 11.1 Å². The van der Waals surface area contributed by atoms with Crippen LogP contribution in [0.5, 0.6) is 0 Å². The summed E-state index contributed by atoms with van der Waals surface area (Å²) in [4.78, 5) is 7.32. The van der Waals surface area contributed by atoms with Gasteiger partial charge in [-0.25, -0.2) is 0 Å². The van der Waals surface area contributed by atoms with E-state index in [9.17, 15) is 0 Å². The smallest absolute Gasteiger partial charge is 0.191 e. The monoisotopic (exact) mass is 484 g/mol. The lowest BCUT2D eigenvalue weighted by atomic mass is 9.89. The summed E-state index contributed by atoms with van der Waals surface area (Å²) in [7, 11) is 2.22. The summed E-state index contributed by atoms with van der Waals surface area (Å²) < 4.78 is 0. The highest BCUT2D eigenvalue weighted by atomic mass is 127. The molecule has 1 saturated heterocycles. The summed E-state index contributed by atoms with van der Waals surface area (Å²) in [5, 5.41) is 7.04.